The number of esters is 3. The summed E-state index contributed by atoms with van der Waals surface area (Å²) in [6.45, 7) is -0.703. The lowest BCUT2D eigenvalue weighted by Crippen LogP contribution is -2.35. The smallest absolute Gasteiger partial charge is 0.389 e. The molecule has 0 aromatic rings. The second-order valence-corrected chi connectivity index (χ2v) is 3.15. The molecule has 0 aromatic carbocycles. The highest BCUT2D eigenvalue weighted by Crippen LogP contribution is 2.02. The fraction of sp³-hybridized carbons (Fsp3) is 0.625. The number of hydrogen-bond donors (Lipinski definition) is 3. The summed E-state index contributed by atoms with van der Waals surface area (Å²) in [5.74, 6) is -3.38. The summed E-state index contributed by atoms with van der Waals surface area (Å²) in [5.41, 5.74) is 0. The Morgan fingerprint density at radius 2 is 1.53 bits per heavy atom. The van der Waals surface area contributed by atoms with Gasteiger partial charge in [-0.05, 0) is 0 Å². The van der Waals surface area contributed by atoms with Crippen LogP contribution >= 0.6 is 25.3 Å². The van der Waals surface area contributed by atoms with Crippen LogP contribution < -0.4 is 0 Å². The highest BCUT2D eigenvalue weighted by molar-refractivity contribution is 7.81. The maximum atomic E-state index is 11.3. The average Bonchev–Trinajstić information content (AvgIpc) is 2.34. The molecule has 0 aliphatic heterocycles. The molecule has 0 spiro atoms. The first-order valence-electron chi connectivity index (χ1n) is 4.43. The zero-order valence-corrected chi connectivity index (χ0v) is 10.5. The fourth-order valence-corrected chi connectivity index (χ4v) is 0.797. The number of carbonyl (C=O) groups is 3. The molecule has 98 valence electrons. The number of aliphatic hydroxyl groups excluding tert-OH is 1. The van der Waals surface area contributed by atoms with Gasteiger partial charge in [-0.1, -0.05) is 0 Å². The topological polar surface area (TPSA) is 99.1 Å². The largest absolute Gasteiger partial charge is 0.458 e. The highest BCUT2D eigenvalue weighted by Gasteiger charge is 2.27. The molecule has 0 saturated carbocycles. The molecule has 0 atom stereocenters. The van der Waals surface area contributed by atoms with E-state index in [9.17, 15) is 14.4 Å². The van der Waals surface area contributed by atoms with Gasteiger partial charge >= 0.3 is 24.2 Å². The number of rotatable bonds is 7. The van der Waals surface area contributed by atoms with E-state index in [1.807, 2.05) is 0 Å². The van der Waals surface area contributed by atoms with E-state index in [0.717, 1.165) is 0 Å². The predicted molar refractivity (Wildman–Crippen MR) is 61.7 cm³/mol. The Labute approximate surface area is 108 Å². The van der Waals surface area contributed by atoms with Crippen molar-refractivity contribution in [3.05, 3.63) is 0 Å². The number of carbonyl (C=O) groups excluding carboxylic acids is 3. The van der Waals surface area contributed by atoms with Gasteiger partial charge in [0.25, 0.3) is 0 Å². The Kier molecular flexibility index (Phi) is 8.64. The molecule has 0 aliphatic rings. The van der Waals surface area contributed by atoms with Crippen LogP contribution in [0.1, 0.15) is 0 Å². The molecule has 0 fully saturated rings. The Hall–Kier alpha value is -0.930. The highest BCUT2D eigenvalue weighted by atomic mass is 32.1. The van der Waals surface area contributed by atoms with Gasteiger partial charge in [0.1, 0.15) is 6.61 Å². The summed E-state index contributed by atoms with van der Waals surface area (Å²) < 4.78 is 13.4. The summed E-state index contributed by atoms with van der Waals surface area (Å²) in [6.07, 6.45) is -1.80. The van der Waals surface area contributed by atoms with Crippen molar-refractivity contribution in [2.75, 3.05) is 24.7 Å². The van der Waals surface area contributed by atoms with Crippen LogP contribution in [0.5, 0.6) is 0 Å². The molecule has 0 radical (unpaired) electrons. The third-order valence-electron chi connectivity index (χ3n) is 1.26. The Morgan fingerprint density at radius 1 is 1.06 bits per heavy atom. The van der Waals surface area contributed by atoms with Gasteiger partial charge < -0.3 is 19.3 Å². The van der Waals surface area contributed by atoms with Crippen LogP contribution in [-0.2, 0) is 28.6 Å². The maximum Gasteiger partial charge on any atom is 0.389 e. The van der Waals surface area contributed by atoms with Crippen molar-refractivity contribution in [1.82, 2.24) is 0 Å². The van der Waals surface area contributed by atoms with E-state index in [2.05, 4.69) is 39.5 Å². The van der Waals surface area contributed by atoms with Crippen molar-refractivity contribution in [1.29, 1.82) is 0 Å². The van der Waals surface area contributed by atoms with Crippen LogP contribution in [0.15, 0.2) is 0 Å². The molecule has 0 bridgehead atoms. The maximum absolute atomic E-state index is 11.3. The van der Waals surface area contributed by atoms with Gasteiger partial charge in [0.15, 0.2) is 0 Å². The van der Waals surface area contributed by atoms with E-state index in [1.54, 1.807) is 0 Å². The normalized spacial score (nSPS) is 9.88. The van der Waals surface area contributed by atoms with Crippen LogP contribution in [0.3, 0.4) is 0 Å². The van der Waals surface area contributed by atoms with Crippen LogP contribution in [0.4, 0.5) is 0 Å². The third kappa shape index (κ3) is 7.08. The van der Waals surface area contributed by atoms with E-state index in [0.29, 0.717) is 0 Å². The first kappa shape index (κ1) is 16.1. The Bertz CT molecular complexity index is 263. The fourth-order valence-electron chi connectivity index (χ4n) is 0.648. The SMILES string of the molecule is O=C(CS)OC(OC(=O)CS)C(=O)OCCO. The lowest BCUT2D eigenvalue weighted by Gasteiger charge is -2.15. The van der Waals surface area contributed by atoms with Gasteiger partial charge in [-0.15, -0.1) is 0 Å². The molecule has 0 rings (SSSR count). The summed E-state index contributed by atoms with van der Waals surface area (Å²) in [7, 11) is 0. The molecule has 9 heteroatoms. The van der Waals surface area contributed by atoms with Crippen molar-refractivity contribution in [2.24, 2.45) is 0 Å². The van der Waals surface area contributed by atoms with Crippen molar-refractivity contribution < 1.29 is 33.7 Å². The van der Waals surface area contributed by atoms with Crippen molar-refractivity contribution >= 4 is 43.2 Å². The molecule has 1 N–H and O–H groups in total. The number of thiol groups is 2. The molecule has 7 nitrogen and oxygen atoms in total. The summed E-state index contributed by atoms with van der Waals surface area (Å²) in [5, 5.41) is 8.44. The van der Waals surface area contributed by atoms with Gasteiger partial charge in [-0.2, -0.15) is 25.3 Å². The van der Waals surface area contributed by atoms with E-state index < -0.39 is 30.8 Å². The van der Waals surface area contributed by atoms with Gasteiger partial charge in [0.2, 0.25) is 0 Å². The molecular weight excluding hydrogens is 272 g/mol. The average molecular weight is 284 g/mol. The molecule has 0 aliphatic carbocycles. The van der Waals surface area contributed by atoms with E-state index in [-0.39, 0.29) is 18.1 Å². The first-order chi connectivity index (χ1) is 8.04. The van der Waals surface area contributed by atoms with Crippen LogP contribution in [0.2, 0.25) is 0 Å². The lowest BCUT2D eigenvalue weighted by atomic mass is 10.6. The molecule has 0 amide bonds. The van der Waals surface area contributed by atoms with E-state index >= 15 is 0 Å². The lowest BCUT2D eigenvalue weighted by molar-refractivity contribution is -0.202. The molecule has 0 aromatic heterocycles. The standard InChI is InChI=1S/C8H12O7S2/c9-1-2-13-7(12)8(14-5(10)3-16)15-6(11)4-17/h8-9,16-17H,1-4H2. The van der Waals surface area contributed by atoms with Crippen molar-refractivity contribution in [2.45, 2.75) is 6.29 Å². The number of ether oxygens (including phenoxy) is 3. The second-order valence-electron chi connectivity index (χ2n) is 2.52. The number of hydrogen-bond acceptors (Lipinski definition) is 9. The Morgan fingerprint density at radius 3 is 1.88 bits per heavy atom. The minimum atomic E-state index is -1.80. The summed E-state index contributed by atoms with van der Waals surface area (Å²) in [4.78, 5) is 33.1. The first-order valence-corrected chi connectivity index (χ1v) is 5.69. The molecular formula is C8H12O7S2. The molecule has 17 heavy (non-hydrogen) atoms. The van der Waals surface area contributed by atoms with Crippen LogP contribution in [0, 0.1) is 0 Å². The van der Waals surface area contributed by atoms with Gasteiger partial charge in [0, 0.05) is 0 Å². The van der Waals surface area contributed by atoms with Crippen LogP contribution in [-0.4, -0.2) is 54.0 Å². The van der Waals surface area contributed by atoms with Crippen molar-refractivity contribution in [3.8, 4) is 0 Å². The summed E-state index contributed by atoms with van der Waals surface area (Å²) >= 11 is 7.24. The third-order valence-corrected chi connectivity index (χ3v) is 1.78. The molecule has 0 heterocycles. The van der Waals surface area contributed by atoms with E-state index in [4.69, 9.17) is 5.11 Å². The van der Waals surface area contributed by atoms with E-state index in [1.165, 1.54) is 0 Å². The quantitative estimate of drug-likeness (QED) is 0.306. The van der Waals surface area contributed by atoms with Crippen LogP contribution in [0.25, 0.3) is 0 Å². The monoisotopic (exact) mass is 284 g/mol. The van der Waals surface area contributed by atoms with Gasteiger partial charge in [-0.25, -0.2) is 4.79 Å². The zero-order valence-electron chi connectivity index (χ0n) is 8.70. The molecule has 0 saturated heterocycles. The second kappa shape index (κ2) is 9.14. The number of aliphatic hydroxyl groups is 1. The van der Waals surface area contributed by atoms with Gasteiger partial charge in [0.05, 0.1) is 18.1 Å². The van der Waals surface area contributed by atoms with Crippen molar-refractivity contribution in [3.63, 3.8) is 0 Å². The predicted octanol–water partition coefficient (Wildman–Crippen LogP) is -1.21. The summed E-state index contributed by atoms with van der Waals surface area (Å²) in [6, 6.07) is 0. The Balaban J connectivity index is 4.42. The molecule has 0 unspecified atom stereocenters. The minimum Gasteiger partial charge on any atom is -0.458 e. The van der Waals surface area contributed by atoms with Gasteiger partial charge in [-0.3, -0.25) is 9.59 Å². The minimum absolute atomic E-state index is 0.289. The zero-order chi connectivity index (χ0) is 13.3.